The summed E-state index contributed by atoms with van der Waals surface area (Å²) in [6, 6.07) is 18.9. The highest BCUT2D eigenvalue weighted by Crippen LogP contribution is 2.34. The Labute approximate surface area is 211 Å². The van der Waals surface area contributed by atoms with Crippen molar-refractivity contribution in [1.29, 1.82) is 0 Å². The molecule has 0 aliphatic carbocycles. The van der Waals surface area contributed by atoms with Crippen LogP contribution >= 0.6 is 0 Å². The van der Waals surface area contributed by atoms with Crippen LogP contribution in [0.15, 0.2) is 72.8 Å². The summed E-state index contributed by atoms with van der Waals surface area (Å²) in [6.07, 6.45) is -4.58. The van der Waals surface area contributed by atoms with Gasteiger partial charge < -0.3 is 20.1 Å². The largest absolute Gasteiger partial charge is 0.457 e. The molecule has 0 radical (unpaired) electrons. The Balaban J connectivity index is 1.35. The minimum absolute atomic E-state index is 0.0296. The number of hydrogen-bond donors (Lipinski definition) is 2. The molecule has 194 valence electrons. The molecule has 0 fully saturated rings. The quantitative estimate of drug-likeness (QED) is 0.319. The molecule has 2 amide bonds. The molecule has 0 heterocycles. The Morgan fingerprint density at radius 3 is 2.24 bits per heavy atom. The number of esters is 1. The maximum absolute atomic E-state index is 13.0. The molecule has 0 aliphatic heterocycles. The van der Waals surface area contributed by atoms with Gasteiger partial charge in [-0.25, -0.2) is 0 Å². The predicted molar refractivity (Wildman–Crippen MR) is 131 cm³/mol. The number of aryl methyl sites for hydroxylation is 1. The summed E-state index contributed by atoms with van der Waals surface area (Å²) in [5.74, 6) is -0.659. The third kappa shape index (κ3) is 8.99. The van der Waals surface area contributed by atoms with E-state index in [2.05, 4.69) is 10.6 Å². The first kappa shape index (κ1) is 27.3. The molecular weight excluding hydrogens is 489 g/mol. The zero-order valence-electron chi connectivity index (χ0n) is 19.9. The molecule has 0 aliphatic rings. The minimum Gasteiger partial charge on any atom is -0.457 e. The van der Waals surface area contributed by atoms with Gasteiger partial charge in [0, 0.05) is 18.5 Å². The van der Waals surface area contributed by atoms with Crippen LogP contribution < -0.4 is 15.4 Å². The molecule has 3 rings (SSSR count). The van der Waals surface area contributed by atoms with Crippen molar-refractivity contribution in [3.8, 4) is 11.5 Å². The fourth-order valence-electron chi connectivity index (χ4n) is 3.28. The lowest BCUT2D eigenvalue weighted by molar-refractivity contribution is -0.147. The Kier molecular flexibility index (Phi) is 9.26. The van der Waals surface area contributed by atoms with E-state index >= 15 is 0 Å². The molecule has 7 nitrogen and oxygen atoms in total. The van der Waals surface area contributed by atoms with E-state index in [4.69, 9.17) is 9.47 Å². The van der Waals surface area contributed by atoms with Crippen LogP contribution in [-0.4, -0.2) is 24.4 Å². The van der Waals surface area contributed by atoms with Crippen molar-refractivity contribution in [3.63, 3.8) is 0 Å². The predicted octanol–water partition coefficient (Wildman–Crippen LogP) is 6.10. The van der Waals surface area contributed by atoms with Gasteiger partial charge in [0.05, 0.1) is 11.3 Å². The Morgan fingerprint density at radius 2 is 1.54 bits per heavy atom. The van der Waals surface area contributed by atoms with Crippen molar-refractivity contribution >= 4 is 29.2 Å². The van der Waals surface area contributed by atoms with E-state index in [1.807, 2.05) is 31.2 Å². The monoisotopic (exact) mass is 514 g/mol. The van der Waals surface area contributed by atoms with E-state index in [0.717, 1.165) is 17.7 Å². The van der Waals surface area contributed by atoms with Crippen LogP contribution in [0.2, 0.25) is 0 Å². The molecule has 0 bridgehead atoms. The maximum atomic E-state index is 13.0. The number of amides is 2. The van der Waals surface area contributed by atoms with Crippen LogP contribution in [0.5, 0.6) is 11.5 Å². The van der Waals surface area contributed by atoms with Crippen LogP contribution in [0.1, 0.15) is 30.4 Å². The van der Waals surface area contributed by atoms with Gasteiger partial charge in [0.2, 0.25) is 5.91 Å². The number of benzene rings is 3. The minimum atomic E-state index is -4.64. The molecular formula is C27H25F3N2O5. The van der Waals surface area contributed by atoms with E-state index in [1.54, 1.807) is 24.3 Å². The summed E-state index contributed by atoms with van der Waals surface area (Å²) in [7, 11) is 0. The van der Waals surface area contributed by atoms with Crippen molar-refractivity contribution in [2.75, 3.05) is 17.2 Å². The lowest BCUT2D eigenvalue weighted by atomic mass is 10.1. The molecule has 37 heavy (non-hydrogen) atoms. The standard InChI is InChI=1S/C27H25F3N2O5/c1-18-6-4-7-21(16-18)37-20-14-12-19(13-15-20)31-24(33)10-5-11-26(35)36-17-25(34)32-23-9-3-2-8-22(23)27(28,29)30/h2-4,6-9,12-16H,5,10-11,17H2,1H3,(H,31,33)(H,32,34). The lowest BCUT2D eigenvalue weighted by Gasteiger charge is -2.13. The SMILES string of the molecule is Cc1cccc(Oc2ccc(NC(=O)CCCC(=O)OCC(=O)Nc3ccccc3C(F)(F)F)cc2)c1. The van der Waals surface area contributed by atoms with Gasteiger partial charge in [0.1, 0.15) is 11.5 Å². The van der Waals surface area contributed by atoms with Gasteiger partial charge in [-0.15, -0.1) is 0 Å². The molecule has 0 spiro atoms. The second-order valence-corrected chi connectivity index (χ2v) is 8.10. The number of hydrogen-bond acceptors (Lipinski definition) is 5. The molecule has 0 aromatic heterocycles. The Hall–Kier alpha value is -4.34. The number of rotatable bonds is 10. The number of nitrogens with one attached hydrogen (secondary N) is 2. The third-order valence-corrected chi connectivity index (χ3v) is 5.02. The first-order valence-electron chi connectivity index (χ1n) is 11.4. The molecule has 2 N–H and O–H groups in total. The summed E-state index contributed by atoms with van der Waals surface area (Å²) in [5.41, 5.74) is 0.192. The zero-order valence-corrected chi connectivity index (χ0v) is 19.9. The zero-order chi connectivity index (χ0) is 26.8. The first-order chi connectivity index (χ1) is 17.6. The van der Waals surface area contributed by atoms with Crippen molar-refractivity contribution in [2.45, 2.75) is 32.4 Å². The number of anilines is 2. The average Bonchev–Trinajstić information content (AvgIpc) is 2.84. The van der Waals surface area contributed by atoms with Crippen molar-refractivity contribution in [3.05, 3.63) is 83.9 Å². The van der Waals surface area contributed by atoms with Crippen molar-refractivity contribution in [1.82, 2.24) is 0 Å². The van der Waals surface area contributed by atoms with E-state index < -0.39 is 35.9 Å². The Bertz CT molecular complexity index is 1240. The molecule has 3 aromatic carbocycles. The number of halogens is 3. The van der Waals surface area contributed by atoms with Gasteiger partial charge in [-0.1, -0.05) is 24.3 Å². The van der Waals surface area contributed by atoms with Crippen LogP contribution in [0.3, 0.4) is 0 Å². The van der Waals surface area contributed by atoms with Gasteiger partial charge in [0.15, 0.2) is 6.61 Å². The third-order valence-electron chi connectivity index (χ3n) is 5.02. The molecule has 0 unspecified atom stereocenters. The lowest BCUT2D eigenvalue weighted by Crippen LogP contribution is -2.22. The van der Waals surface area contributed by atoms with E-state index in [0.29, 0.717) is 17.2 Å². The van der Waals surface area contributed by atoms with Gasteiger partial charge >= 0.3 is 12.1 Å². The molecule has 0 saturated heterocycles. The van der Waals surface area contributed by atoms with E-state index in [9.17, 15) is 27.6 Å². The van der Waals surface area contributed by atoms with Crippen LogP contribution in [0.25, 0.3) is 0 Å². The first-order valence-corrected chi connectivity index (χ1v) is 11.4. The number of para-hydroxylation sites is 1. The average molecular weight is 515 g/mol. The topological polar surface area (TPSA) is 93.7 Å². The van der Waals surface area contributed by atoms with Crippen molar-refractivity contribution in [2.24, 2.45) is 0 Å². The van der Waals surface area contributed by atoms with Crippen LogP contribution in [0.4, 0.5) is 24.5 Å². The number of alkyl halides is 3. The summed E-state index contributed by atoms with van der Waals surface area (Å²) < 4.78 is 49.5. The van der Waals surface area contributed by atoms with Crippen LogP contribution in [-0.2, 0) is 25.3 Å². The number of carbonyl (C=O) groups excluding carboxylic acids is 3. The van der Waals surface area contributed by atoms with Gasteiger partial charge in [-0.3, -0.25) is 14.4 Å². The summed E-state index contributed by atoms with van der Waals surface area (Å²) in [5, 5.41) is 4.79. The highest BCUT2D eigenvalue weighted by Gasteiger charge is 2.33. The molecule has 0 saturated carbocycles. The van der Waals surface area contributed by atoms with Gasteiger partial charge in [-0.2, -0.15) is 13.2 Å². The number of ether oxygens (including phenoxy) is 2. The maximum Gasteiger partial charge on any atom is 0.418 e. The Morgan fingerprint density at radius 1 is 0.811 bits per heavy atom. The summed E-state index contributed by atoms with van der Waals surface area (Å²) >= 11 is 0. The van der Waals surface area contributed by atoms with E-state index in [1.165, 1.54) is 12.1 Å². The van der Waals surface area contributed by atoms with E-state index in [-0.39, 0.29) is 25.2 Å². The highest BCUT2D eigenvalue weighted by atomic mass is 19.4. The van der Waals surface area contributed by atoms with Crippen molar-refractivity contribution < 1.29 is 37.0 Å². The molecule has 10 heteroatoms. The summed E-state index contributed by atoms with van der Waals surface area (Å²) in [4.78, 5) is 35.9. The summed E-state index contributed by atoms with van der Waals surface area (Å²) in [6.45, 7) is 1.22. The van der Waals surface area contributed by atoms with Gasteiger partial charge in [0.25, 0.3) is 5.91 Å². The van der Waals surface area contributed by atoms with Crippen LogP contribution in [0, 0.1) is 6.92 Å². The molecule has 0 atom stereocenters. The smallest absolute Gasteiger partial charge is 0.418 e. The second-order valence-electron chi connectivity index (χ2n) is 8.10. The number of carbonyl (C=O) groups is 3. The highest BCUT2D eigenvalue weighted by molar-refractivity contribution is 5.94. The fourth-order valence-corrected chi connectivity index (χ4v) is 3.28. The molecule has 3 aromatic rings. The van der Waals surface area contributed by atoms with Gasteiger partial charge in [-0.05, 0) is 67.4 Å². The fraction of sp³-hybridized carbons (Fsp3) is 0.222. The normalized spacial score (nSPS) is 10.9. The second kappa shape index (κ2) is 12.6.